The van der Waals surface area contributed by atoms with Crippen LogP contribution in [0.25, 0.3) is 0 Å². The van der Waals surface area contributed by atoms with E-state index in [-0.39, 0.29) is 11.6 Å². The van der Waals surface area contributed by atoms with Crippen molar-refractivity contribution in [1.29, 1.82) is 5.26 Å². The Hall–Kier alpha value is -0.240. The third-order valence-corrected chi connectivity index (χ3v) is 3.73. The minimum Gasteiger partial charge on any atom is -0.377 e. The van der Waals surface area contributed by atoms with Gasteiger partial charge in [0.1, 0.15) is 6.04 Å². The monoisotopic (exact) mass is 198 g/mol. The zero-order valence-electron chi connectivity index (χ0n) is 7.58. The molecule has 0 radical (unpaired) electrons. The van der Waals surface area contributed by atoms with Gasteiger partial charge in [-0.1, -0.05) is 0 Å². The van der Waals surface area contributed by atoms with Gasteiger partial charge in [0.15, 0.2) is 0 Å². The van der Waals surface area contributed by atoms with Crippen LogP contribution in [0.5, 0.6) is 0 Å². The zero-order valence-corrected chi connectivity index (χ0v) is 8.40. The molecular formula is C9H14N2OS. The number of thioether (sulfide) groups is 1. The first-order valence-corrected chi connectivity index (χ1v) is 5.83. The lowest BCUT2D eigenvalue weighted by atomic mass is 9.91. The summed E-state index contributed by atoms with van der Waals surface area (Å²) in [7, 11) is 0. The summed E-state index contributed by atoms with van der Waals surface area (Å²) < 4.78 is 5.47. The molecule has 3 nitrogen and oxygen atoms in total. The predicted molar refractivity (Wildman–Crippen MR) is 52.6 cm³/mol. The van der Waals surface area contributed by atoms with E-state index < -0.39 is 0 Å². The Bertz CT molecular complexity index is 215. The standard InChI is InChI=1S/C9H14N2OS/c10-5-8-6-12-7-9(11-8)1-3-13-4-2-9/h8,11H,1-4,6-7H2. The van der Waals surface area contributed by atoms with Crippen LogP contribution < -0.4 is 5.32 Å². The quantitative estimate of drug-likeness (QED) is 0.624. The van der Waals surface area contributed by atoms with Crippen LogP contribution in [0.3, 0.4) is 0 Å². The van der Waals surface area contributed by atoms with Crippen molar-refractivity contribution in [2.45, 2.75) is 24.4 Å². The van der Waals surface area contributed by atoms with Crippen LogP contribution in [-0.2, 0) is 4.74 Å². The molecule has 0 saturated carbocycles. The highest BCUT2D eigenvalue weighted by Crippen LogP contribution is 2.29. The van der Waals surface area contributed by atoms with E-state index in [1.165, 1.54) is 11.5 Å². The van der Waals surface area contributed by atoms with Crippen LogP contribution in [0.1, 0.15) is 12.8 Å². The van der Waals surface area contributed by atoms with Crippen molar-refractivity contribution in [3.63, 3.8) is 0 Å². The number of hydrogen-bond acceptors (Lipinski definition) is 4. The van der Waals surface area contributed by atoms with Crippen LogP contribution in [0.4, 0.5) is 0 Å². The Kier molecular flexibility index (Phi) is 2.77. The molecule has 2 aliphatic rings. The topological polar surface area (TPSA) is 45.0 Å². The first-order chi connectivity index (χ1) is 6.35. The molecule has 0 aliphatic carbocycles. The number of nitrogens with zero attached hydrogens (tertiary/aromatic N) is 1. The summed E-state index contributed by atoms with van der Waals surface area (Å²) in [5.41, 5.74) is 0.115. The maximum Gasteiger partial charge on any atom is 0.119 e. The van der Waals surface area contributed by atoms with Gasteiger partial charge in [-0.25, -0.2) is 0 Å². The van der Waals surface area contributed by atoms with Gasteiger partial charge < -0.3 is 4.74 Å². The average molecular weight is 198 g/mol. The third-order valence-electron chi connectivity index (χ3n) is 2.75. The molecule has 0 aromatic rings. The number of nitriles is 1. The molecule has 0 amide bonds. The summed E-state index contributed by atoms with van der Waals surface area (Å²) in [5.74, 6) is 2.38. The van der Waals surface area contributed by atoms with Gasteiger partial charge in [0, 0.05) is 5.54 Å². The summed E-state index contributed by atoms with van der Waals surface area (Å²) in [4.78, 5) is 0. The van der Waals surface area contributed by atoms with Crippen molar-refractivity contribution in [3.8, 4) is 6.07 Å². The van der Waals surface area contributed by atoms with Gasteiger partial charge in [-0.15, -0.1) is 0 Å². The van der Waals surface area contributed by atoms with Crippen molar-refractivity contribution in [2.75, 3.05) is 24.7 Å². The Balaban J connectivity index is 2.00. The second kappa shape index (κ2) is 3.87. The predicted octanol–water partition coefficient (Wildman–Crippen LogP) is 0.764. The average Bonchev–Trinajstić information content (AvgIpc) is 2.19. The molecule has 2 rings (SSSR count). The normalized spacial score (nSPS) is 32.7. The molecule has 1 N–H and O–H groups in total. The van der Waals surface area contributed by atoms with Crippen molar-refractivity contribution < 1.29 is 4.74 Å². The van der Waals surface area contributed by atoms with E-state index in [2.05, 4.69) is 11.4 Å². The lowest BCUT2D eigenvalue weighted by Gasteiger charge is -2.42. The van der Waals surface area contributed by atoms with E-state index in [4.69, 9.17) is 10.00 Å². The van der Waals surface area contributed by atoms with E-state index in [0.717, 1.165) is 19.4 Å². The van der Waals surface area contributed by atoms with E-state index in [1.807, 2.05) is 11.8 Å². The zero-order chi connectivity index (χ0) is 9.15. The second-order valence-corrected chi connectivity index (χ2v) is 4.96. The van der Waals surface area contributed by atoms with E-state index in [0.29, 0.717) is 6.61 Å². The highest BCUT2D eigenvalue weighted by molar-refractivity contribution is 7.99. The molecule has 0 aromatic carbocycles. The molecule has 2 saturated heterocycles. The number of ether oxygens (including phenoxy) is 1. The van der Waals surface area contributed by atoms with Crippen LogP contribution >= 0.6 is 11.8 Å². The van der Waals surface area contributed by atoms with Crippen LogP contribution in [0.15, 0.2) is 0 Å². The van der Waals surface area contributed by atoms with Crippen molar-refractivity contribution >= 4 is 11.8 Å². The summed E-state index contributed by atoms with van der Waals surface area (Å²) in [6.45, 7) is 1.33. The fourth-order valence-electron chi connectivity index (χ4n) is 1.95. The fourth-order valence-corrected chi connectivity index (χ4v) is 3.22. The van der Waals surface area contributed by atoms with Crippen LogP contribution in [0.2, 0.25) is 0 Å². The molecule has 1 atom stereocenters. The smallest absolute Gasteiger partial charge is 0.119 e. The van der Waals surface area contributed by atoms with E-state index in [9.17, 15) is 0 Å². The minimum atomic E-state index is -0.100. The van der Waals surface area contributed by atoms with Gasteiger partial charge in [0.25, 0.3) is 0 Å². The molecule has 2 aliphatic heterocycles. The Morgan fingerprint density at radius 1 is 1.46 bits per heavy atom. The van der Waals surface area contributed by atoms with Gasteiger partial charge in [0.2, 0.25) is 0 Å². The largest absolute Gasteiger partial charge is 0.377 e. The third kappa shape index (κ3) is 1.98. The Labute approximate surface area is 82.8 Å². The number of rotatable bonds is 0. The lowest BCUT2D eigenvalue weighted by Crippen LogP contribution is -2.60. The first-order valence-electron chi connectivity index (χ1n) is 4.67. The fraction of sp³-hybridized carbons (Fsp3) is 0.889. The van der Waals surface area contributed by atoms with Crippen LogP contribution in [-0.4, -0.2) is 36.3 Å². The van der Waals surface area contributed by atoms with Gasteiger partial charge in [-0.2, -0.15) is 17.0 Å². The first kappa shape index (κ1) is 9.32. The summed E-state index contributed by atoms with van der Waals surface area (Å²) >= 11 is 1.99. The second-order valence-electron chi connectivity index (χ2n) is 3.73. The summed E-state index contributed by atoms with van der Waals surface area (Å²) in [5, 5.41) is 12.2. The highest BCUT2D eigenvalue weighted by atomic mass is 32.2. The van der Waals surface area contributed by atoms with Gasteiger partial charge >= 0.3 is 0 Å². The molecule has 72 valence electrons. The summed E-state index contributed by atoms with van der Waals surface area (Å²) in [6.07, 6.45) is 2.27. The van der Waals surface area contributed by atoms with Gasteiger partial charge in [-0.3, -0.25) is 5.32 Å². The van der Waals surface area contributed by atoms with E-state index in [1.54, 1.807) is 0 Å². The van der Waals surface area contributed by atoms with Gasteiger partial charge in [-0.05, 0) is 24.3 Å². The number of nitrogens with one attached hydrogen (secondary N) is 1. The molecule has 4 heteroatoms. The van der Waals surface area contributed by atoms with Crippen molar-refractivity contribution in [2.24, 2.45) is 0 Å². The molecule has 0 bridgehead atoms. The maximum absolute atomic E-state index is 8.81. The lowest BCUT2D eigenvalue weighted by molar-refractivity contribution is 0.00754. The Morgan fingerprint density at radius 2 is 2.23 bits per heavy atom. The van der Waals surface area contributed by atoms with Crippen molar-refractivity contribution in [1.82, 2.24) is 5.32 Å². The summed E-state index contributed by atoms with van der Waals surface area (Å²) in [6, 6.07) is 2.13. The maximum atomic E-state index is 8.81. The molecule has 13 heavy (non-hydrogen) atoms. The molecular weight excluding hydrogens is 184 g/mol. The molecule has 2 heterocycles. The molecule has 2 fully saturated rings. The minimum absolute atomic E-state index is 0.100. The molecule has 1 unspecified atom stereocenters. The van der Waals surface area contributed by atoms with Crippen molar-refractivity contribution in [3.05, 3.63) is 0 Å². The number of morpholine rings is 1. The SMILES string of the molecule is N#CC1COCC2(CCSCC2)N1. The van der Waals surface area contributed by atoms with Crippen LogP contribution in [0, 0.1) is 11.3 Å². The van der Waals surface area contributed by atoms with E-state index >= 15 is 0 Å². The molecule has 1 spiro atoms. The van der Waals surface area contributed by atoms with Gasteiger partial charge in [0.05, 0.1) is 19.3 Å². The molecule has 0 aromatic heterocycles. The highest BCUT2D eigenvalue weighted by Gasteiger charge is 2.37. The Morgan fingerprint density at radius 3 is 2.92 bits per heavy atom. The number of hydrogen-bond donors (Lipinski definition) is 1.